The minimum atomic E-state index is 0.791. The Kier molecular flexibility index (Phi) is 4.09. The van der Waals surface area contributed by atoms with Crippen molar-refractivity contribution in [3.05, 3.63) is 90.0 Å². The first kappa shape index (κ1) is 15.3. The highest BCUT2D eigenvalue weighted by atomic mass is 16.5. The van der Waals surface area contributed by atoms with Crippen LogP contribution in [0.15, 0.2) is 83.3 Å². The first-order chi connectivity index (χ1) is 12.3. The highest BCUT2D eigenvalue weighted by molar-refractivity contribution is 5.97. The first-order valence-corrected chi connectivity index (χ1v) is 8.24. The molecule has 4 rings (SSSR count). The van der Waals surface area contributed by atoms with Gasteiger partial charge in [0.1, 0.15) is 17.1 Å². The molecule has 0 aliphatic carbocycles. The smallest absolute Gasteiger partial charge is 0.142 e. The van der Waals surface area contributed by atoms with Crippen LogP contribution in [0, 0.1) is 0 Å². The second-order valence-electron chi connectivity index (χ2n) is 5.82. The van der Waals surface area contributed by atoms with Crippen molar-refractivity contribution in [1.82, 2.24) is 0 Å². The van der Waals surface area contributed by atoms with E-state index in [1.807, 2.05) is 48.5 Å². The van der Waals surface area contributed by atoms with Crippen LogP contribution in [-0.2, 0) is 0 Å². The summed E-state index contributed by atoms with van der Waals surface area (Å²) >= 11 is 0. The Hall–Kier alpha value is -3.26. The number of ether oxygens (including phenoxy) is 1. The van der Waals surface area contributed by atoms with Crippen molar-refractivity contribution in [1.29, 1.82) is 0 Å². The van der Waals surface area contributed by atoms with E-state index < -0.39 is 0 Å². The van der Waals surface area contributed by atoms with Crippen LogP contribution in [0.2, 0.25) is 0 Å². The molecule has 0 amide bonds. The van der Waals surface area contributed by atoms with Gasteiger partial charge in [-0.15, -0.1) is 0 Å². The van der Waals surface area contributed by atoms with E-state index in [1.54, 1.807) is 7.11 Å². The molecular weight excluding hydrogens is 308 g/mol. The molecule has 25 heavy (non-hydrogen) atoms. The summed E-state index contributed by atoms with van der Waals surface area (Å²) in [4.78, 5) is 0. The maximum absolute atomic E-state index is 6.18. The van der Waals surface area contributed by atoms with Crippen LogP contribution >= 0.6 is 0 Å². The average molecular weight is 326 g/mol. The molecule has 1 heterocycles. The van der Waals surface area contributed by atoms with E-state index in [9.17, 15) is 0 Å². The van der Waals surface area contributed by atoms with E-state index in [1.165, 1.54) is 0 Å². The van der Waals surface area contributed by atoms with Gasteiger partial charge in [-0.25, -0.2) is 0 Å². The van der Waals surface area contributed by atoms with E-state index in [0.29, 0.717) is 0 Å². The van der Waals surface area contributed by atoms with Gasteiger partial charge in [-0.1, -0.05) is 66.7 Å². The Bertz CT molecular complexity index is 1010. The molecule has 0 N–H and O–H groups in total. The summed E-state index contributed by atoms with van der Waals surface area (Å²) in [5.74, 6) is 1.66. The Morgan fingerprint density at radius 3 is 2.24 bits per heavy atom. The first-order valence-electron chi connectivity index (χ1n) is 8.24. The molecule has 0 unspecified atom stereocenters. The third-order valence-electron chi connectivity index (χ3n) is 4.21. The molecular formula is C23H18O2. The number of rotatable bonds is 4. The predicted octanol–water partition coefficient (Wildman–Crippen LogP) is 6.28. The summed E-state index contributed by atoms with van der Waals surface area (Å²) in [6, 6.07) is 26.4. The fourth-order valence-corrected chi connectivity index (χ4v) is 2.94. The lowest BCUT2D eigenvalue weighted by Crippen LogP contribution is -1.81. The third-order valence-corrected chi connectivity index (χ3v) is 4.21. The quantitative estimate of drug-likeness (QED) is 0.440. The lowest BCUT2D eigenvalue weighted by Gasteiger charge is -1.99. The van der Waals surface area contributed by atoms with E-state index in [4.69, 9.17) is 9.15 Å². The highest BCUT2D eigenvalue weighted by Crippen LogP contribution is 2.36. The molecule has 4 aromatic rings. The van der Waals surface area contributed by atoms with Crippen LogP contribution in [0.3, 0.4) is 0 Å². The summed E-state index contributed by atoms with van der Waals surface area (Å²) in [7, 11) is 1.67. The highest BCUT2D eigenvalue weighted by Gasteiger charge is 2.14. The fourth-order valence-electron chi connectivity index (χ4n) is 2.94. The summed E-state index contributed by atoms with van der Waals surface area (Å²) in [5, 5.41) is 1.08. The second-order valence-corrected chi connectivity index (χ2v) is 5.82. The van der Waals surface area contributed by atoms with E-state index >= 15 is 0 Å². The topological polar surface area (TPSA) is 22.4 Å². The molecule has 0 saturated heterocycles. The van der Waals surface area contributed by atoms with Crippen molar-refractivity contribution in [2.24, 2.45) is 0 Å². The van der Waals surface area contributed by atoms with Gasteiger partial charge in [-0.05, 0) is 23.8 Å². The normalized spacial score (nSPS) is 11.2. The van der Waals surface area contributed by atoms with Crippen molar-refractivity contribution >= 4 is 23.1 Å². The van der Waals surface area contributed by atoms with Crippen LogP contribution in [-0.4, -0.2) is 7.11 Å². The molecule has 0 atom stereocenters. The number of benzene rings is 3. The minimum absolute atomic E-state index is 0.791. The zero-order valence-electron chi connectivity index (χ0n) is 14.0. The zero-order chi connectivity index (χ0) is 17.1. The van der Waals surface area contributed by atoms with E-state index in [0.717, 1.165) is 39.2 Å². The van der Waals surface area contributed by atoms with Gasteiger partial charge in [0.25, 0.3) is 0 Å². The average Bonchev–Trinajstić information content (AvgIpc) is 3.05. The molecule has 1 aromatic heterocycles. The van der Waals surface area contributed by atoms with Crippen molar-refractivity contribution in [3.8, 4) is 17.1 Å². The SMILES string of the molecule is COc1ccc2c(C=Cc3ccccc3)c(-c3ccccc3)oc2c1. The van der Waals surface area contributed by atoms with Crippen molar-refractivity contribution in [2.45, 2.75) is 0 Å². The fraction of sp³-hybridized carbons (Fsp3) is 0.0435. The van der Waals surface area contributed by atoms with Gasteiger partial charge in [0.05, 0.1) is 7.11 Å². The summed E-state index contributed by atoms with van der Waals surface area (Å²) in [6.45, 7) is 0. The Balaban J connectivity index is 1.89. The van der Waals surface area contributed by atoms with Gasteiger partial charge in [0.2, 0.25) is 0 Å². The largest absolute Gasteiger partial charge is 0.497 e. The predicted molar refractivity (Wildman–Crippen MR) is 104 cm³/mol. The van der Waals surface area contributed by atoms with E-state index in [-0.39, 0.29) is 0 Å². The third kappa shape index (κ3) is 3.07. The molecule has 0 bridgehead atoms. The number of furan rings is 1. The maximum Gasteiger partial charge on any atom is 0.142 e. The molecule has 0 spiro atoms. The molecule has 3 aromatic carbocycles. The van der Waals surface area contributed by atoms with Crippen molar-refractivity contribution in [3.63, 3.8) is 0 Å². The molecule has 0 aliphatic rings. The summed E-state index contributed by atoms with van der Waals surface area (Å²) in [6.07, 6.45) is 4.23. The number of methoxy groups -OCH3 is 1. The van der Waals surface area contributed by atoms with Crippen LogP contribution in [0.25, 0.3) is 34.4 Å². The Morgan fingerprint density at radius 1 is 0.800 bits per heavy atom. The van der Waals surface area contributed by atoms with Gasteiger partial charge >= 0.3 is 0 Å². The molecule has 2 heteroatoms. The van der Waals surface area contributed by atoms with E-state index in [2.05, 4.69) is 42.5 Å². The van der Waals surface area contributed by atoms with Crippen molar-refractivity contribution < 1.29 is 9.15 Å². The summed E-state index contributed by atoms with van der Waals surface area (Å²) < 4.78 is 11.5. The number of hydrogen-bond donors (Lipinski definition) is 0. The molecule has 0 aliphatic heterocycles. The van der Waals surface area contributed by atoms with Crippen LogP contribution in [0.5, 0.6) is 5.75 Å². The monoisotopic (exact) mass is 326 g/mol. The lowest BCUT2D eigenvalue weighted by molar-refractivity contribution is 0.414. The molecule has 0 radical (unpaired) electrons. The Labute approximate surface area is 147 Å². The van der Waals surface area contributed by atoms with Gasteiger partial charge in [-0.3, -0.25) is 0 Å². The van der Waals surface area contributed by atoms with Crippen molar-refractivity contribution in [2.75, 3.05) is 7.11 Å². The number of fused-ring (bicyclic) bond motifs is 1. The second kappa shape index (κ2) is 6.70. The van der Waals surface area contributed by atoms with Crippen LogP contribution in [0.4, 0.5) is 0 Å². The maximum atomic E-state index is 6.18. The summed E-state index contributed by atoms with van der Waals surface area (Å²) in [5.41, 5.74) is 4.12. The standard InChI is InChI=1S/C23H18O2/c1-24-19-13-15-20-21(14-12-17-8-4-2-5-9-17)23(25-22(20)16-19)18-10-6-3-7-11-18/h2-16H,1H3. The molecule has 0 fully saturated rings. The van der Waals surface area contributed by atoms with Gasteiger partial charge in [-0.2, -0.15) is 0 Å². The van der Waals surface area contributed by atoms with Gasteiger partial charge < -0.3 is 9.15 Å². The number of hydrogen-bond acceptors (Lipinski definition) is 2. The Morgan fingerprint density at radius 2 is 1.52 bits per heavy atom. The molecule has 2 nitrogen and oxygen atoms in total. The zero-order valence-corrected chi connectivity index (χ0v) is 14.0. The minimum Gasteiger partial charge on any atom is -0.497 e. The van der Waals surface area contributed by atoms with Gasteiger partial charge in [0.15, 0.2) is 0 Å². The van der Waals surface area contributed by atoms with Gasteiger partial charge in [0, 0.05) is 22.6 Å². The molecule has 0 saturated carbocycles. The van der Waals surface area contributed by atoms with Crippen LogP contribution in [0.1, 0.15) is 11.1 Å². The molecule has 122 valence electrons. The lowest BCUT2D eigenvalue weighted by atomic mass is 10.0. The van der Waals surface area contributed by atoms with Crippen LogP contribution < -0.4 is 4.74 Å².